The number of pyridine rings is 1. The third-order valence-corrected chi connectivity index (χ3v) is 5.16. The second-order valence-corrected chi connectivity index (χ2v) is 6.94. The van der Waals surface area contributed by atoms with Crippen molar-refractivity contribution >= 4 is 28.1 Å². The predicted molar refractivity (Wildman–Crippen MR) is 97.6 cm³/mol. The number of carbonyl (C=O) groups is 1. The molecular weight excluding hydrogens is 320 g/mol. The van der Waals surface area contributed by atoms with Crippen LogP contribution < -0.4 is 5.32 Å². The van der Waals surface area contributed by atoms with Gasteiger partial charge in [0.25, 0.3) is 5.91 Å². The second kappa shape index (κ2) is 6.71. The molecule has 124 valence electrons. The van der Waals surface area contributed by atoms with Crippen LogP contribution in [-0.2, 0) is 0 Å². The first-order chi connectivity index (χ1) is 11.5. The summed E-state index contributed by atoms with van der Waals surface area (Å²) in [6.45, 7) is 6.00. The fourth-order valence-electron chi connectivity index (χ4n) is 2.75. The Balaban J connectivity index is 1.91. The Labute approximate surface area is 145 Å². The number of aromatic nitrogens is 1. The summed E-state index contributed by atoms with van der Waals surface area (Å²) in [5.41, 5.74) is 4.25. The third-order valence-electron chi connectivity index (χ3n) is 4.18. The van der Waals surface area contributed by atoms with Crippen LogP contribution in [0.15, 0.2) is 35.7 Å². The molecule has 3 aromatic rings. The molecule has 24 heavy (non-hydrogen) atoms. The maximum Gasteiger partial charge on any atom is 0.252 e. The topological polar surface area (TPSA) is 62.2 Å². The quantitative estimate of drug-likeness (QED) is 0.761. The Morgan fingerprint density at radius 3 is 2.79 bits per heavy atom. The van der Waals surface area contributed by atoms with E-state index in [-0.39, 0.29) is 12.5 Å². The molecule has 0 aliphatic carbocycles. The average Bonchev–Trinajstić information content (AvgIpc) is 3.08. The number of amides is 1. The summed E-state index contributed by atoms with van der Waals surface area (Å²) in [6, 6.07) is 9.67. The normalized spacial score (nSPS) is 12.3. The number of nitrogens with zero attached hydrogens (tertiary/aromatic N) is 1. The molecule has 2 heterocycles. The van der Waals surface area contributed by atoms with E-state index >= 15 is 0 Å². The third kappa shape index (κ3) is 3.18. The highest BCUT2D eigenvalue weighted by atomic mass is 32.1. The summed E-state index contributed by atoms with van der Waals surface area (Å²) in [4.78, 5) is 18.2. The summed E-state index contributed by atoms with van der Waals surface area (Å²) in [5.74, 6) is -0.177. The highest BCUT2D eigenvalue weighted by Crippen LogP contribution is 2.24. The number of carbonyl (C=O) groups excluding carboxylic acids is 1. The molecule has 1 aromatic carbocycles. The van der Waals surface area contributed by atoms with Crippen LogP contribution in [0.5, 0.6) is 0 Å². The molecule has 5 heteroatoms. The molecule has 2 aromatic heterocycles. The molecule has 0 radical (unpaired) electrons. The van der Waals surface area contributed by atoms with Crippen LogP contribution in [0, 0.1) is 20.8 Å². The van der Waals surface area contributed by atoms with Gasteiger partial charge < -0.3 is 10.4 Å². The number of rotatable bonds is 4. The summed E-state index contributed by atoms with van der Waals surface area (Å²) in [6.07, 6.45) is -0.690. The molecule has 4 nitrogen and oxygen atoms in total. The van der Waals surface area contributed by atoms with Crippen LogP contribution >= 0.6 is 11.3 Å². The molecule has 0 aliphatic rings. The molecule has 0 saturated carbocycles. The lowest BCUT2D eigenvalue weighted by Crippen LogP contribution is -2.29. The first-order valence-electron chi connectivity index (χ1n) is 7.84. The van der Waals surface area contributed by atoms with Crippen molar-refractivity contribution in [3.63, 3.8) is 0 Å². The average molecular weight is 340 g/mol. The Kier molecular flexibility index (Phi) is 4.64. The van der Waals surface area contributed by atoms with Crippen LogP contribution in [0.4, 0.5) is 0 Å². The molecule has 0 fully saturated rings. The zero-order chi connectivity index (χ0) is 17.3. The van der Waals surface area contributed by atoms with Crippen LogP contribution in [-0.4, -0.2) is 22.5 Å². The van der Waals surface area contributed by atoms with Crippen molar-refractivity contribution < 1.29 is 9.90 Å². The molecule has 0 aliphatic heterocycles. The Bertz CT molecular complexity index is 888. The molecule has 0 unspecified atom stereocenters. The molecular formula is C19H20N2O2S. The number of aliphatic hydroxyl groups is 1. The van der Waals surface area contributed by atoms with Crippen LogP contribution in [0.2, 0.25) is 0 Å². The van der Waals surface area contributed by atoms with Gasteiger partial charge in [0.1, 0.15) is 6.10 Å². The van der Waals surface area contributed by atoms with Gasteiger partial charge in [-0.05, 0) is 49.9 Å². The smallest absolute Gasteiger partial charge is 0.252 e. The number of aliphatic hydroxyl groups excluding tert-OH is 1. The Hall–Kier alpha value is -2.24. The lowest BCUT2D eigenvalue weighted by Gasteiger charge is -2.15. The minimum absolute atomic E-state index is 0.177. The van der Waals surface area contributed by atoms with E-state index in [9.17, 15) is 9.90 Å². The largest absolute Gasteiger partial charge is 0.386 e. The van der Waals surface area contributed by atoms with E-state index in [0.717, 1.165) is 32.6 Å². The molecule has 3 rings (SSSR count). The summed E-state index contributed by atoms with van der Waals surface area (Å²) in [7, 11) is 0. The van der Waals surface area contributed by atoms with Gasteiger partial charge in [-0.2, -0.15) is 0 Å². The summed E-state index contributed by atoms with van der Waals surface area (Å²) in [5, 5.41) is 15.8. The summed E-state index contributed by atoms with van der Waals surface area (Å²) >= 11 is 1.48. The van der Waals surface area contributed by atoms with Crippen molar-refractivity contribution in [3.8, 4) is 0 Å². The van der Waals surface area contributed by atoms with E-state index in [1.165, 1.54) is 11.3 Å². The van der Waals surface area contributed by atoms with Gasteiger partial charge in [0.2, 0.25) is 0 Å². The predicted octanol–water partition coefficient (Wildman–Crippen LogP) is 3.68. The van der Waals surface area contributed by atoms with Crippen molar-refractivity contribution in [2.24, 2.45) is 0 Å². The molecule has 0 spiro atoms. The molecule has 2 N–H and O–H groups in total. The first kappa shape index (κ1) is 16.6. The number of thiophene rings is 1. The second-order valence-electron chi connectivity index (χ2n) is 5.96. The van der Waals surface area contributed by atoms with Crippen molar-refractivity contribution in [3.05, 3.63) is 63.0 Å². The SMILES string of the molecule is Cc1ccc2nc(C)c(C)c(C(=O)NC[C@H](O)c3cccs3)c2c1. The minimum atomic E-state index is -0.690. The lowest BCUT2D eigenvalue weighted by atomic mass is 9.99. The van der Waals surface area contributed by atoms with E-state index in [0.29, 0.717) is 5.56 Å². The van der Waals surface area contributed by atoms with E-state index in [4.69, 9.17) is 0 Å². The number of benzene rings is 1. The number of hydrogen-bond donors (Lipinski definition) is 2. The molecule has 1 amide bonds. The highest BCUT2D eigenvalue weighted by molar-refractivity contribution is 7.10. The van der Waals surface area contributed by atoms with Crippen molar-refractivity contribution in [1.29, 1.82) is 0 Å². The van der Waals surface area contributed by atoms with E-state index < -0.39 is 6.10 Å². The maximum atomic E-state index is 12.8. The number of nitrogens with one attached hydrogen (secondary N) is 1. The highest BCUT2D eigenvalue weighted by Gasteiger charge is 2.18. The number of hydrogen-bond acceptors (Lipinski definition) is 4. The van der Waals surface area contributed by atoms with Crippen molar-refractivity contribution in [1.82, 2.24) is 10.3 Å². The fourth-order valence-corrected chi connectivity index (χ4v) is 3.46. The van der Waals surface area contributed by atoms with Gasteiger partial charge in [0, 0.05) is 22.5 Å². The molecule has 0 saturated heterocycles. The van der Waals surface area contributed by atoms with Crippen molar-refractivity contribution in [2.45, 2.75) is 26.9 Å². The van der Waals surface area contributed by atoms with Crippen molar-refractivity contribution in [2.75, 3.05) is 6.54 Å². The zero-order valence-electron chi connectivity index (χ0n) is 14.0. The Morgan fingerprint density at radius 1 is 1.29 bits per heavy atom. The van der Waals surface area contributed by atoms with Gasteiger partial charge >= 0.3 is 0 Å². The molecule has 1 atom stereocenters. The first-order valence-corrected chi connectivity index (χ1v) is 8.72. The van der Waals surface area contributed by atoms with Crippen LogP contribution in [0.25, 0.3) is 10.9 Å². The fraction of sp³-hybridized carbons (Fsp3) is 0.263. The van der Waals surface area contributed by atoms with E-state index in [2.05, 4.69) is 10.3 Å². The van der Waals surface area contributed by atoms with Gasteiger partial charge in [-0.25, -0.2) is 0 Å². The minimum Gasteiger partial charge on any atom is -0.386 e. The number of aryl methyl sites for hydroxylation is 2. The molecule has 0 bridgehead atoms. The van der Waals surface area contributed by atoms with Gasteiger partial charge in [-0.3, -0.25) is 9.78 Å². The van der Waals surface area contributed by atoms with Gasteiger partial charge in [0.15, 0.2) is 0 Å². The van der Waals surface area contributed by atoms with Gasteiger partial charge in [-0.1, -0.05) is 17.7 Å². The van der Waals surface area contributed by atoms with Gasteiger partial charge in [0.05, 0.1) is 11.1 Å². The van der Waals surface area contributed by atoms with Gasteiger partial charge in [-0.15, -0.1) is 11.3 Å². The standard InChI is InChI=1S/C19H20N2O2S/c1-11-6-7-15-14(9-11)18(12(2)13(3)21-15)19(23)20-10-16(22)17-5-4-8-24-17/h4-9,16,22H,10H2,1-3H3,(H,20,23)/t16-/m0/s1. The van der Waals surface area contributed by atoms with E-state index in [1.54, 1.807) is 0 Å². The number of fused-ring (bicyclic) bond motifs is 1. The maximum absolute atomic E-state index is 12.8. The monoisotopic (exact) mass is 340 g/mol. The zero-order valence-corrected chi connectivity index (χ0v) is 14.8. The summed E-state index contributed by atoms with van der Waals surface area (Å²) < 4.78 is 0. The Morgan fingerprint density at radius 2 is 2.08 bits per heavy atom. The lowest BCUT2D eigenvalue weighted by molar-refractivity contribution is 0.0919. The van der Waals surface area contributed by atoms with Crippen LogP contribution in [0.1, 0.15) is 38.2 Å². The van der Waals surface area contributed by atoms with Crippen LogP contribution in [0.3, 0.4) is 0 Å². The van der Waals surface area contributed by atoms with E-state index in [1.807, 2.05) is 56.5 Å².